The van der Waals surface area contributed by atoms with Crippen LogP contribution in [0.5, 0.6) is 0 Å². The number of aryl methyl sites for hydroxylation is 2. The molecule has 0 fully saturated rings. The van der Waals surface area contributed by atoms with Crippen LogP contribution in [-0.4, -0.2) is 20.2 Å². The maximum atomic E-state index is 12.4. The van der Waals surface area contributed by atoms with E-state index in [1.54, 1.807) is 0 Å². The lowest BCUT2D eigenvalue weighted by Crippen LogP contribution is -2.10. The molecule has 0 radical (unpaired) electrons. The second kappa shape index (κ2) is 7.89. The van der Waals surface area contributed by atoms with Crippen molar-refractivity contribution in [1.82, 2.24) is 9.13 Å². The van der Waals surface area contributed by atoms with Crippen molar-refractivity contribution in [2.75, 3.05) is 0 Å². The lowest BCUT2D eigenvalue weighted by Gasteiger charge is -2.12. The Balaban J connectivity index is 1.62. The molecule has 0 atom stereocenters. The molecule has 0 saturated carbocycles. The zero-order chi connectivity index (χ0) is 22.2. The smallest absolute Gasteiger partial charge is 0.353 e. The van der Waals surface area contributed by atoms with Gasteiger partial charge in [-0.15, -0.1) is 0 Å². The van der Waals surface area contributed by atoms with Crippen LogP contribution in [0.25, 0.3) is 27.7 Å². The largest absolute Gasteiger partial charge is 0.477 e. The summed E-state index contributed by atoms with van der Waals surface area (Å²) in [6.45, 7) is 4.67. The minimum Gasteiger partial charge on any atom is -0.477 e. The monoisotopic (exact) mass is 420 g/mol. The van der Waals surface area contributed by atoms with E-state index < -0.39 is 5.97 Å². The first-order valence-electron chi connectivity index (χ1n) is 10.7. The predicted molar refractivity (Wildman–Crippen MR) is 129 cm³/mol. The zero-order valence-corrected chi connectivity index (χ0v) is 18.1. The first kappa shape index (κ1) is 19.9. The van der Waals surface area contributed by atoms with Crippen LogP contribution in [0.4, 0.5) is 0 Å². The third kappa shape index (κ3) is 3.30. The fourth-order valence-corrected chi connectivity index (χ4v) is 4.60. The summed E-state index contributed by atoms with van der Waals surface area (Å²) in [6.07, 6.45) is 0. The molecule has 0 amide bonds. The first-order chi connectivity index (χ1) is 15.5. The SMILES string of the molecule is Cc1ccc(C)n1-c1ccc(Cn2c(C(=O)O)c(-c3ccccc3)c3ccccc32)cc1. The standard InChI is InChI=1S/C28H24N2O2/c1-19-12-13-20(2)30(19)23-16-14-21(15-17-23)18-29-25-11-7-6-10-24(25)26(27(29)28(31)32)22-8-4-3-5-9-22/h3-17H,18H2,1-2H3,(H,31,32). The number of benzene rings is 3. The van der Waals surface area contributed by atoms with Gasteiger partial charge < -0.3 is 14.2 Å². The summed E-state index contributed by atoms with van der Waals surface area (Å²) in [6, 6.07) is 30.3. The molecule has 0 aliphatic heterocycles. The number of carboxylic acids is 1. The van der Waals surface area contributed by atoms with E-state index in [9.17, 15) is 9.90 Å². The van der Waals surface area contributed by atoms with Crippen LogP contribution in [0, 0.1) is 13.8 Å². The van der Waals surface area contributed by atoms with Crippen molar-refractivity contribution in [3.8, 4) is 16.8 Å². The number of aromatic nitrogens is 2. The molecule has 0 saturated heterocycles. The highest BCUT2D eigenvalue weighted by molar-refractivity contribution is 6.08. The number of fused-ring (bicyclic) bond motifs is 1. The number of hydrogen-bond donors (Lipinski definition) is 1. The molecule has 5 rings (SSSR count). The van der Waals surface area contributed by atoms with Gasteiger partial charge in [0.25, 0.3) is 0 Å². The minimum absolute atomic E-state index is 0.318. The number of hydrogen-bond acceptors (Lipinski definition) is 1. The van der Waals surface area contributed by atoms with Gasteiger partial charge in [-0.1, -0.05) is 60.7 Å². The summed E-state index contributed by atoms with van der Waals surface area (Å²) in [5.41, 5.74) is 7.45. The van der Waals surface area contributed by atoms with Gasteiger partial charge >= 0.3 is 5.97 Å². The maximum Gasteiger partial charge on any atom is 0.353 e. The number of para-hydroxylation sites is 1. The Morgan fingerprint density at radius 1 is 0.781 bits per heavy atom. The summed E-state index contributed by atoms with van der Waals surface area (Å²) in [5, 5.41) is 11.1. The molecule has 0 unspecified atom stereocenters. The highest BCUT2D eigenvalue weighted by Crippen LogP contribution is 2.35. The Kier molecular flexibility index (Phi) is 4.91. The topological polar surface area (TPSA) is 47.2 Å². The summed E-state index contributed by atoms with van der Waals surface area (Å²) >= 11 is 0. The maximum absolute atomic E-state index is 12.4. The van der Waals surface area contributed by atoms with Crippen molar-refractivity contribution in [3.63, 3.8) is 0 Å². The number of nitrogens with zero attached hydrogens (tertiary/aromatic N) is 2. The van der Waals surface area contributed by atoms with E-state index in [4.69, 9.17) is 0 Å². The van der Waals surface area contributed by atoms with Crippen LogP contribution < -0.4 is 0 Å². The van der Waals surface area contributed by atoms with Gasteiger partial charge in [0, 0.05) is 40.1 Å². The minimum atomic E-state index is -0.921. The highest BCUT2D eigenvalue weighted by atomic mass is 16.4. The predicted octanol–water partition coefficient (Wildman–Crippen LogP) is 6.46. The molecular formula is C28H24N2O2. The van der Waals surface area contributed by atoms with E-state index in [1.165, 1.54) is 11.4 Å². The average Bonchev–Trinajstić information content (AvgIpc) is 3.32. The van der Waals surface area contributed by atoms with Gasteiger partial charge in [-0.2, -0.15) is 0 Å². The summed E-state index contributed by atoms with van der Waals surface area (Å²) in [5.74, 6) is -0.921. The van der Waals surface area contributed by atoms with E-state index in [-0.39, 0.29) is 0 Å². The molecule has 32 heavy (non-hydrogen) atoms. The summed E-state index contributed by atoms with van der Waals surface area (Å²) in [7, 11) is 0. The lowest BCUT2D eigenvalue weighted by molar-refractivity contribution is 0.0687. The van der Waals surface area contributed by atoms with E-state index >= 15 is 0 Å². The molecule has 4 nitrogen and oxygen atoms in total. The molecule has 2 aromatic heterocycles. The molecule has 5 aromatic rings. The number of rotatable bonds is 5. The van der Waals surface area contributed by atoms with Crippen LogP contribution in [0.3, 0.4) is 0 Å². The molecule has 0 aliphatic rings. The molecule has 0 spiro atoms. The van der Waals surface area contributed by atoms with Crippen LogP contribution >= 0.6 is 0 Å². The number of aromatic carboxylic acids is 1. The fourth-order valence-electron chi connectivity index (χ4n) is 4.60. The van der Waals surface area contributed by atoms with E-state index in [0.717, 1.165) is 33.3 Å². The fraction of sp³-hybridized carbons (Fsp3) is 0.107. The Bertz CT molecular complexity index is 1400. The van der Waals surface area contributed by atoms with E-state index in [0.29, 0.717) is 12.2 Å². The van der Waals surface area contributed by atoms with Crippen LogP contribution in [0.15, 0.2) is 91.0 Å². The molecule has 4 heteroatoms. The zero-order valence-electron chi connectivity index (χ0n) is 18.1. The van der Waals surface area contributed by atoms with Crippen LogP contribution in [-0.2, 0) is 6.54 Å². The summed E-state index contributed by atoms with van der Waals surface area (Å²) in [4.78, 5) is 12.4. The van der Waals surface area contributed by atoms with Crippen molar-refractivity contribution in [2.45, 2.75) is 20.4 Å². The van der Waals surface area contributed by atoms with Gasteiger partial charge in [0.05, 0.1) is 0 Å². The summed E-state index contributed by atoms with van der Waals surface area (Å²) < 4.78 is 4.13. The van der Waals surface area contributed by atoms with Gasteiger partial charge in [0.1, 0.15) is 5.69 Å². The molecule has 158 valence electrons. The Morgan fingerprint density at radius 3 is 2.06 bits per heavy atom. The normalized spacial score (nSPS) is 11.2. The first-order valence-corrected chi connectivity index (χ1v) is 10.7. The van der Waals surface area contributed by atoms with Gasteiger partial charge in [-0.3, -0.25) is 0 Å². The second-order valence-electron chi connectivity index (χ2n) is 8.12. The quantitative estimate of drug-likeness (QED) is 0.355. The Labute approximate surface area is 187 Å². The Morgan fingerprint density at radius 2 is 1.41 bits per heavy atom. The highest BCUT2D eigenvalue weighted by Gasteiger charge is 2.23. The third-order valence-electron chi connectivity index (χ3n) is 6.04. The van der Waals surface area contributed by atoms with Crippen LogP contribution in [0.2, 0.25) is 0 Å². The third-order valence-corrected chi connectivity index (χ3v) is 6.04. The molecule has 0 aliphatic carbocycles. The van der Waals surface area contributed by atoms with Crippen molar-refractivity contribution in [2.24, 2.45) is 0 Å². The lowest BCUT2D eigenvalue weighted by atomic mass is 10.0. The second-order valence-corrected chi connectivity index (χ2v) is 8.12. The Hall–Kier alpha value is -4.05. The molecule has 1 N–H and O–H groups in total. The van der Waals surface area contributed by atoms with Crippen molar-refractivity contribution >= 4 is 16.9 Å². The van der Waals surface area contributed by atoms with Gasteiger partial charge in [-0.25, -0.2) is 4.79 Å². The molecule has 3 aromatic carbocycles. The van der Waals surface area contributed by atoms with Gasteiger partial charge in [-0.05, 0) is 55.3 Å². The van der Waals surface area contributed by atoms with Crippen molar-refractivity contribution in [1.29, 1.82) is 0 Å². The molecule has 0 bridgehead atoms. The van der Waals surface area contributed by atoms with E-state index in [1.807, 2.05) is 59.2 Å². The molecule has 2 heterocycles. The van der Waals surface area contributed by atoms with E-state index in [2.05, 4.69) is 54.8 Å². The average molecular weight is 421 g/mol. The van der Waals surface area contributed by atoms with Crippen molar-refractivity contribution in [3.05, 3.63) is 114 Å². The van der Waals surface area contributed by atoms with Crippen molar-refractivity contribution < 1.29 is 9.90 Å². The molecular weight excluding hydrogens is 396 g/mol. The number of carboxylic acid groups (broad SMARTS) is 1. The van der Waals surface area contributed by atoms with Gasteiger partial charge in [0.2, 0.25) is 0 Å². The van der Waals surface area contributed by atoms with Gasteiger partial charge in [0.15, 0.2) is 0 Å². The number of carbonyl (C=O) groups is 1. The van der Waals surface area contributed by atoms with Crippen LogP contribution in [0.1, 0.15) is 27.4 Å².